The molecule has 5 heteroatoms. The minimum absolute atomic E-state index is 0.566. The molecule has 2 aromatic rings. The Labute approximate surface area is 165 Å². The molecule has 0 saturated carbocycles. The summed E-state index contributed by atoms with van der Waals surface area (Å²) in [5.41, 5.74) is 6.49. The normalized spacial score (nSPS) is 16.0. The fourth-order valence-electron chi connectivity index (χ4n) is 3.30. The Kier molecular flexibility index (Phi) is 5.92. The van der Waals surface area contributed by atoms with Crippen molar-refractivity contribution in [3.63, 3.8) is 0 Å². The summed E-state index contributed by atoms with van der Waals surface area (Å²) >= 11 is 1.68. The van der Waals surface area contributed by atoms with Crippen molar-refractivity contribution in [2.24, 2.45) is 0 Å². The van der Waals surface area contributed by atoms with E-state index in [2.05, 4.69) is 48.6 Å². The molecule has 0 saturated heterocycles. The third-order valence-corrected chi connectivity index (χ3v) is 6.05. The largest absolute Gasteiger partial charge is 0.284 e. The number of thioether (sulfide) groups is 1. The molecule has 140 valence electrons. The maximum atomic E-state index is 11.5. The zero-order valence-corrected chi connectivity index (χ0v) is 17.2. The summed E-state index contributed by atoms with van der Waals surface area (Å²) in [5.74, 6) is 0. The Hall–Kier alpha value is -2.24. The summed E-state index contributed by atoms with van der Waals surface area (Å²) in [6, 6.07) is 15.9. The van der Waals surface area contributed by atoms with E-state index >= 15 is 0 Å². The highest BCUT2D eigenvalue weighted by Crippen LogP contribution is 2.39. The second-order valence-corrected chi connectivity index (χ2v) is 9.36. The smallest absolute Gasteiger partial charge is 0.229 e. The number of sulfonamides is 1. The first-order chi connectivity index (χ1) is 12.9. The number of hydrogen-bond donors (Lipinski definition) is 1. The first-order valence-electron chi connectivity index (χ1n) is 8.73. The Morgan fingerprint density at radius 2 is 1.89 bits per heavy atom. The van der Waals surface area contributed by atoms with Gasteiger partial charge in [0.2, 0.25) is 10.0 Å². The van der Waals surface area contributed by atoms with Gasteiger partial charge in [-0.3, -0.25) is 4.72 Å². The van der Waals surface area contributed by atoms with E-state index in [1.807, 2.05) is 23.6 Å². The molecular formula is C22H23NO2S2. The molecule has 1 N–H and O–H groups in total. The fourth-order valence-corrected chi connectivity index (χ4v) is 4.56. The first kappa shape index (κ1) is 19.5. The predicted molar refractivity (Wildman–Crippen MR) is 118 cm³/mol. The minimum atomic E-state index is -3.30. The molecule has 0 unspecified atom stereocenters. The van der Waals surface area contributed by atoms with E-state index in [0.29, 0.717) is 5.69 Å². The van der Waals surface area contributed by atoms with Gasteiger partial charge in [0.05, 0.1) is 6.26 Å². The van der Waals surface area contributed by atoms with Crippen molar-refractivity contribution >= 4 is 39.1 Å². The highest BCUT2D eigenvalue weighted by molar-refractivity contribution is 8.05. The molecule has 0 spiro atoms. The van der Waals surface area contributed by atoms with E-state index < -0.39 is 10.0 Å². The Morgan fingerprint density at radius 1 is 1.11 bits per heavy atom. The summed E-state index contributed by atoms with van der Waals surface area (Å²) in [6.45, 7) is 6.02. The molecule has 0 amide bonds. The molecule has 0 aromatic heterocycles. The van der Waals surface area contributed by atoms with Crippen LogP contribution in [-0.2, 0) is 16.4 Å². The number of nitrogens with one attached hydrogen (secondary N) is 1. The number of aryl methyl sites for hydroxylation is 1. The maximum absolute atomic E-state index is 11.5. The second kappa shape index (κ2) is 8.19. The van der Waals surface area contributed by atoms with Crippen LogP contribution in [0.25, 0.3) is 11.6 Å². The quantitative estimate of drug-likeness (QED) is 0.704. The summed E-state index contributed by atoms with van der Waals surface area (Å²) < 4.78 is 25.6. The van der Waals surface area contributed by atoms with Crippen LogP contribution in [0.15, 0.2) is 71.0 Å². The molecule has 3 rings (SSSR count). The summed E-state index contributed by atoms with van der Waals surface area (Å²) in [5, 5.41) is 1.88. The maximum Gasteiger partial charge on any atom is 0.229 e. The Morgan fingerprint density at radius 3 is 2.63 bits per heavy atom. The molecule has 27 heavy (non-hydrogen) atoms. The van der Waals surface area contributed by atoms with Crippen LogP contribution in [0.3, 0.4) is 0 Å². The molecule has 0 radical (unpaired) electrons. The SMILES string of the molecule is C=CSC1=C(C)/C(=C\c2cccc(NS(C)(=O)=O)c2)c2ccccc2CC1. The van der Waals surface area contributed by atoms with Crippen molar-refractivity contribution in [1.29, 1.82) is 0 Å². The van der Waals surface area contributed by atoms with E-state index in [0.717, 1.165) is 24.7 Å². The van der Waals surface area contributed by atoms with Crippen LogP contribution in [-0.4, -0.2) is 14.7 Å². The molecule has 0 heterocycles. The topological polar surface area (TPSA) is 46.2 Å². The van der Waals surface area contributed by atoms with E-state index in [4.69, 9.17) is 0 Å². The van der Waals surface area contributed by atoms with E-state index in [1.54, 1.807) is 17.8 Å². The van der Waals surface area contributed by atoms with Crippen molar-refractivity contribution in [3.05, 3.63) is 87.7 Å². The first-order valence-corrected chi connectivity index (χ1v) is 11.5. The van der Waals surface area contributed by atoms with Crippen molar-refractivity contribution in [1.82, 2.24) is 0 Å². The lowest BCUT2D eigenvalue weighted by atomic mass is 9.94. The molecule has 0 aliphatic heterocycles. The molecule has 2 aromatic carbocycles. The summed E-state index contributed by atoms with van der Waals surface area (Å²) in [6.07, 6.45) is 5.28. The number of rotatable bonds is 5. The average molecular weight is 398 g/mol. The average Bonchev–Trinajstić information content (AvgIpc) is 2.73. The van der Waals surface area contributed by atoms with E-state index in [9.17, 15) is 8.42 Å². The van der Waals surface area contributed by atoms with Gasteiger partial charge in [-0.2, -0.15) is 0 Å². The lowest BCUT2D eigenvalue weighted by Crippen LogP contribution is -2.09. The van der Waals surface area contributed by atoms with Gasteiger partial charge in [-0.05, 0) is 76.1 Å². The Balaban J connectivity index is 2.12. The Bertz CT molecular complexity index is 1030. The van der Waals surface area contributed by atoms with Gasteiger partial charge in [-0.1, -0.05) is 43.0 Å². The number of allylic oxidation sites excluding steroid dienone is 3. The van der Waals surface area contributed by atoms with Crippen LogP contribution >= 0.6 is 11.8 Å². The van der Waals surface area contributed by atoms with Gasteiger partial charge in [0.15, 0.2) is 0 Å². The zero-order chi connectivity index (χ0) is 19.4. The lowest BCUT2D eigenvalue weighted by Gasteiger charge is -2.13. The number of fused-ring (bicyclic) bond motifs is 1. The molecule has 0 atom stereocenters. The van der Waals surface area contributed by atoms with Gasteiger partial charge >= 0.3 is 0 Å². The third-order valence-electron chi connectivity index (χ3n) is 4.48. The third kappa shape index (κ3) is 4.93. The summed E-state index contributed by atoms with van der Waals surface area (Å²) in [4.78, 5) is 1.32. The highest BCUT2D eigenvalue weighted by atomic mass is 32.2. The van der Waals surface area contributed by atoms with Gasteiger partial charge in [0.25, 0.3) is 0 Å². The lowest BCUT2D eigenvalue weighted by molar-refractivity contribution is 0.607. The number of anilines is 1. The fraction of sp³-hybridized carbons (Fsp3) is 0.182. The second-order valence-electron chi connectivity index (χ2n) is 6.55. The van der Waals surface area contributed by atoms with Gasteiger partial charge in [0.1, 0.15) is 0 Å². The van der Waals surface area contributed by atoms with Gasteiger partial charge in [-0.25, -0.2) is 8.42 Å². The molecule has 0 bridgehead atoms. The van der Waals surface area contributed by atoms with Gasteiger partial charge in [-0.15, -0.1) is 11.8 Å². The summed E-state index contributed by atoms with van der Waals surface area (Å²) in [7, 11) is -3.30. The molecule has 1 aliphatic rings. The van der Waals surface area contributed by atoms with Crippen molar-refractivity contribution in [2.75, 3.05) is 11.0 Å². The predicted octanol–water partition coefficient (Wildman–Crippen LogP) is 5.70. The van der Waals surface area contributed by atoms with Crippen LogP contribution < -0.4 is 4.72 Å². The van der Waals surface area contributed by atoms with Crippen molar-refractivity contribution in [3.8, 4) is 0 Å². The van der Waals surface area contributed by atoms with Gasteiger partial charge < -0.3 is 0 Å². The van der Waals surface area contributed by atoms with E-state index in [-0.39, 0.29) is 0 Å². The van der Waals surface area contributed by atoms with Crippen LogP contribution in [0.2, 0.25) is 0 Å². The molecule has 3 nitrogen and oxygen atoms in total. The van der Waals surface area contributed by atoms with Gasteiger partial charge in [0, 0.05) is 5.69 Å². The van der Waals surface area contributed by atoms with Crippen molar-refractivity contribution < 1.29 is 8.42 Å². The van der Waals surface area contributed by atoms with Crippen LogP contribution in [0.1, 0.15) is 30.0 Å². The molecule has 1 aliphatic carbocycles. The van der Waals surface area contributed by atoms with Crippen LogP contribution in [0.4, 0.5) is 5.69 Å². The van der Waals surface area contributed by atoms with Crippen LogP contribution in [0.5, 0.6) is 0 Å². The molecular weight excluding hydrogens is 374 g/mol. The monoisotopic (exact) mass is 397 g/mol. The minimum Gasteiger partial charge on any atom is -0.284 e. The van der Waals surface area contributed by atoms with Crippen LogP contribution in [0, 0.1) is 0 Å². The molecule has 0 fully saturated rings. The van der Waals surface area contributed by atoms with Crippen molar-refractivity contribution in [2.45, 2.75) is 19.8 Å². The van der Waals surface area contributed by atoms with E-state index in [1.165, 1.54) is 27.2 Å². The highest BCUT2D eigenvalue weighted by Gasteiger charge is 2.17. The number of hydrogen-bond acceptors (Lipinski definition) is 3. The standard InChI is InChI=1S/C22H23NO2S2/c1-4-26-22-13-12-18-9-5-6-11-20(18)21(16(22)2)15-17-8-7-10-19(14-17)23-27(3,24)25/h4-11,14-15,23H,1,12-13H2,2-3H3/b21-15+. The number of benzene rings is 2. The zero-order valence-electron chi connectivity index (χ0n) is 15.5.